The predicted molar refractivity (Wildman–Crippen MR) is 97.9 cm³/mol. The van der Waals surface area contributed by atoms with E-state index >= 15 is 0 Å². The van der Waals surface area contributed by atoms with E-state index in [9.17, 15) is 4.79 Å². The second-order valence-electron chi connectivity index (χ2n) is 5.50. The van der Waals surface area contributed by atoms with Crippen LogP contribution in [0.1, 0.15) is 16.2 Å². The summed E-state index contributed by atoms with van der Waals surface area (Å²) >= 11 is 0. The lowest BCUT2D eigenvalue weighted by molar-refractivity contribution is 0.0601. The van der Waals surface area contributed by atoms with Gasteiger partial charge in [0.05, 0.1) is 39.0 Å². The Morgan fingerprint density at radius 2 is 1.85 bits per heavy atom. The van der Waals surface area contributed by atoms with Crippen LogP contribution in [0.3, 0.4) is 0 Å². The van der Waals surface area contributed by atoms with Crippen LogP contribution in [0.15, 0.2) is 47.0 Å². The zero-order valence-corrected chi connectivity index (χ0v) is 15.2. The van der Waals surface area contributed by atoms with Gasteiger partial charge in [0.25, 0.3) is 0 Å². The van der Waals surface area contributed by atoms with Crippen molar-refractivity contribution in [2.75, 3.05) is 26.6 Å². The lowest BCUT2D eigenvalue weighted by Crippen LogP contribution is -2.03. The number of esters is 1. The van der Waals surface area contributed by atoms with E-state index in [-0.39, 0.29) is 5.97 Å². The van der Waals surface area contributed by atoms with Crippen LogP contribution in [0.5, 0.6) is 11.5 Å². The first kappa shape index (κ1) is 18.2. The van der Waals surface area contributed by atoms with Crippen molar-refractivity contribution in [3.63, 3.8) is 0 Å². The van der Waals surface area contributed by atoms with Gasteiger partial charge in [0.15, 0.2) is 0 Å². The molecule has 0 aliphatic heterocycles. The first-order valence-electron chi connectivity index (χ1n) is 8.12. The van der Waals surface area contributed by atoms with E-state index in [1.54, 1.807) is 50.6 Å². The Labute approximate surface area is 156 Å². The van der Waals surface area contributed by atoms with Crippen LogP contribution in [-0.4, -0.2) is 37.4 Å². The van der Waals surface area contributed by atoms with Gasteiger partial charge in [-0.2, -0.15) is 4.98 Å². The Hall–Kier alpha value is -3.55. The van der Waals surface area contributed by atoms with Gasteiger partial charge < -0.3 is 24.1 Å². The first-order valence-corrected chi connectivity index (χ1v) is 8.12. The SMILES string of the molecule is COC(=O)c1ccc(NCc2nc(-c3ccc(OC)cc3OC)no2)cc1. The smallest absolute Gasteiger partial charge is 0.337 e. The average Bonchev–Trinajstić information content (AvgIpc) is 3.20. The molecule has 140 valence electrons. The number of aromatic nitrogens is 2. The molecular weight excluding hydrogens is 350 g/mol. The molecule has 0 radical (unpaired) electrons. The molecule has 0 saturated heterocycles. The minimum absolute atomic E-state index is 0.336. The molecule has 27 heavy (non-hydrogen) atoms. The highest BCUT2D eigenvalue weighted by Crippen LogP contribution is 2.31. The molecule has 8 heteroatoms. The number of rotatable bonds is 7. The summed E-state index contributed by atoms with van der Waals surface area (Å²) in [7, 11) is 4.50. The zero-order chi connectivity index (χ0) is 19.2. The number of hydrogen-bond donors (Lipinski definition) is 1. The number of ether oxygens (including phenoxy) is 3. The fraction of sp³-hybridized carbons (Fsp3) is 0.211. The topological polar surface area (TPSA) is 95.7 Å². The van der Waals surface area contributed by atoms with Crippen molar-refractivity contribution in [2.45, 2.75) is 6.54 Å². The lowest BCUT2D eigenvalue weighted by Gasteiger charge is -2.07. The van der Waals surface area contributed by atoms with Crippen LogP contribution in [0.4, 0.5) is 5.69 Å². The van der Waals surface area contributed by atoms with E-state index in [0.29, 0.717) is 40.9 Å². The fourth-order valence-electron chi connectivity index (χ4n) is 2.44. The number of benzene rings is 2. The van der Waals surface area contributed by atoms with Gasteiger partial charge in [-0.05, 0) is 36.4 Å². The maximum atomic E-state index is 11.4. The standard InChI is InChI=1S/C19H19N3O5/c1-24-14-8-9-15(16(10-14)25-2)18-21-17(27-22-18)11-20-13-6-4-12(5-7-13)19(23)26-3/h4-10,20H,11H2,1-3H3. The normalized spacial score (nSPS) is 10.3. The molecule has 0 unspecified atom stereocenters. The second-order valence-corrected chi connectivity index (χ2v) is 5.50. The number of anilines is 1. The summed E-state index contributed by atoms with van der Waals surface area (Å²) in [5, 5.41) is 7.16. The van der Waals surface area contributed by atoms with Gasteiger partial charge >= 0.3 is 5.97 Å². The molecule has 2 aromatic carbocycles. The third kappa shape index (κ3) is 4.17. The average molecular weight is 369 g/mol. The monoisotopic (exact) mass is 369 g/mol. The van der Waals surface area contributed by atoms with Crippen molar-refractivity contribution in [1.82, 2.24) is 10.1 Å². The number of carbonyl (C=O) groups is 1. The third-order valence-electron chi connectivity index (χ3n) is 3.87. The number of nitrogens with zero attached hydrogens (tertiary/aromatic N) is 2. The summed E-state index contributed by atoms with van der Waals surface area (Å²) < 4.78 is 20.5. The highest BCUT2D eigenvalue weighted by atomic mass is 16.5. The van der Waals surface area contributed by atoms with Crippen molar-refractivity contribution in [3.05, 3.63) is 53.9 Å². The molecule has 3 rings (SSSR count). The van der Waals surface area contributed by atoms with Gasteiger partial charge in [0, 0.05) is 11.8 Å². The fourth-order valence-corrected chi connectivity index (χ4v) is 2.44. The van der Waals surface area contributed by atoms with Gasteiger partial charge in [0.2, 0.25) is 11.7 Å². The Balaban J connectivity index is 1.69. The summed E-state index contributed by atoms with van der Waals surface area (Å²) in [6, 6.07) is 12.3. The largest absolute Gasteiger partial charge is 0.497 e. The van der Waals surface area contributed by atoms with Crippen molar-refractivity contribution in [1.29, 1.82) is 0 Å². The number of hydrogen-bond acceptors (Lipinski definition) is 8. The molecule has 0 amide bonds. The number of carbonyl (C=O) groups excluding carboxylic acids is 1. The molecule has 1 N–H and O–H groups in total. The van der Waals surface area contributed by atoms with Crippen LogP contribution in [0, 0.1) is 0 Å². The van der Waals surface area contributed by atoms with Crippen LogP contribution in [0.2, 0.25) is 0 Å². The molecular formula is C19H19N3O5. The van der Waals surface area contributed by atoms with E-state index in [2.05, 4.69) is 20.2 Å². The summed E-state index contributed by atoms with van der Waals surface area (Å²) in [5.74, 6) is 1.73. The first-order chi connectivity index (χ1) is 13.1. The quantitative estimate of drug-likeness (QED) is 0.635. The molecule has 0 atom stereocenters. The summed E-state index contributed by atoms with van der Waals surface area (Å²) in [6.45, 7) is 0.336. The van der Waals surface area contributed by atoms with Crippen molar-refractivity contribution in [2.24, 2.45) is 0 Å². The Morgan fingerprint density at radius 1 is 1.07 bits per heavy atom. The molecule has 0 saturated carbocycles. The maximum absolute atomic E-state index is 11.4. The number of nitrogens with one attached hydrogen (secondary N) is 1. The zero-order valence-electron chi connectivity index (χ0n) is 15.2. The molecule has 3 aromatic rings. The highest BCUT2D eigenvalue weighted by Gasteiger charge is 2.14. The van der Waals surface area contributed by atoms with Gasteiger partial charge in [-0.3, -0.25) is 0 Å². The van der Waals surface area contributed by atoms with Crippen molar-refractivity contribution >= 4 is 11.7 Å². The molecule has 1 heterocycles. The highest BCUT2D eigenvalue weighted by molar-refractivity contribution is 5.89. The third-order valence-corrected chi connectivity index (χ3v) is 3.87. The van der Waals surface area contributed by atoms with E-state index in [0.717, 1.165) is 5.69 Å². The van der Waals surface area contributed by atoms with Crippen LogP contribution in [-0.2, 0) is 11.3 Å². The van der Waals surface area contributed by atoms with E-state index < -0.39 is 0 Å². The lowest BCUT2D eigenvalue weighted by atomic mass is 10.2. The van der Waals surface area contributed by atoms with Gasteiger partial charge in [0.1, 0.15) is 11.5 Å². The maximum Gasteiger partial charge on any atom is 0.337 e. The Kier molecular flexibility index (Phi) is 5.55. The molecule has 0 spiro atoms. The van der Waals surface area contributed by atoms with Crippen LogP contribution in [0.25, 0.3) is 11.4 Å². The molecule has 0 aliphatic carbocycles. The summed E-state index contributed by atoms with van der Waals surface area (Å²) in [4.78, 5) is 15.8. The molecule has 0 aliphatic rings. The molecule has 0 fully saturated rings. The minimum atomic E-state index is -0.378. The summed E-state index contributed by atoms with van der Waals surface area (Å²) in [5.41, 5.74) is 2.00. The van der Waals surface area contributed by atoms with Gasteiger partial charge in [-0.1, -0.05) is 5.16 Å². The van der Waals surface area contributed by atoms with E-state index in [4.69, 9.17) is 14.0 Å². The Bertz CT molecular complexity index is 921. The van der Waals surface area contributed by atoms with Crippen molar-refractivity contribution < 1.29 is 23.5 Å². The molecule has 0 bridgehead atoms. The number of methoxy groups -OCH3 is 3. The van der Waals surface area contributed by atoms with Gasteiger partial charge in [-0.25, -0.2) is 4.79 Å². The van der Waals surface area contributed by atoms with Crippen molar-refractivity contribution in [3.8, 4) is 22.9 Å². The Morgan fingerprint density at radius 3 is 2.52 bits per heavy atom. The second kappa shape index (κ2) is 8.22. The van der Waals surface area contributed by atoms with E-state index in [1.165, 1.54) is 7.11 Å². The molecule has 8 nitrogen and oxygen atoms in total. The predicted octanol–water partition coefficient (Wildman–Crippen LogP) is 3.15. The summed E-state index contributed by atoms with van der Waals surface area (Å²) in [6.07, 6.45) is 0. The van der Waals surface area contributed by atoms with Gasteiger partial charge in [-0.15, -0.1) is 0 Å². The van der Waals surface area contributed by atoms with Crippen LogP contribution < -0.4 is 14.8 Å². The van der Waals surface area contributed by atoms with E-state index in [1.807, 2.05) is 6.07 Å². The van der Waals surface area contributed by atoms with Crippen LogP contribution >= 0.6 is 0 Å². The minimum Gasteiger partial charge on any atom is -0.497 e. The molecule has 1 aromatic heterocycles.